The van der Waals surface area contributed by atoms with E-state index in [1.54, 1.807) is 12.1 Å². The SMILES string of the molecule is CC(NC(=O)CC(C)C1CCNCC1)c1noc(-c2ccc(Cl)cc2)n1.Cl. The molecule has 2 aromatic rings. The minimum atomic E-state index is -0.299. The number of hydrogen-bond donors (Lipinski definition) is 2. The highest BCUT2D eigenvalue weighted by Crippen LogP contribution is 2.25. The molecule has 2 heterocycles. The van der Waals surface area contributed by atoms with Gasteiger partial charge in [0.05, 0.1) is 6.04 Å². The molecule has 8 heteroatoms. The zero-order valence-electron chi connectivity index (χ0n) is 15.6. The van der Waals surface area contributed by atoms with Gasteiger partial charge in [-0.1, -0.05) is 23.7 Å². The van der Waals surface area contributed by atoms with Crippen LogP contribution in [-0.4, -0.2) is 29.1 Å². The lowest BCUT2D eigenvalue weighted by atomic mass is 9.84. The van der Waals surface area contributed by atoms with Crippen molar-refractivity contribution in [2.24, 2.45) is 11.8 Å². The monoisotopic (exact) mass is 412 g/mol. The van der Waals surface area contributed by atoms with E-state index in [1.165, 1.54) is 0 Å². The number of hydrogen-bond acceptors (Lipinski definition) is 5. The first-order valence-corrected chi connectivity index (χ1v) is 9.50. The van der Waals surface area contributed by atoms with E-state index in [0.717, 1.165) is 31.5 Å². The summed E-state index contributed by atoms with van der Waals surface area (Å²) in [5.41, 5.74) is 0.797. The molecule has 0 bridgehead atoms. The quantitative estimate of drug-likeness (QED) is 0.748. The number of piperidine rings is 1. The van der Waals surface area contributed by atoms with Crippen molar-refractivity contribution in [3.63, 3.8) is 0 Å². The number of nitrogens with one attached hydrogen (secondary N) is 2. The Morgan fingerprint density at radius 3 is 2.63 bits per heavy atom. The summed E-state index contributed by atoms with van der Waals surface area (Å²) in [4.78, 5) is 16.8. The maximum absolute atomic E-state index is 12.4. The van der Waals surface area contributed by atoms with E-state index in [-0.39, 0.29) is 24.4 Å². The van der Waals surface area contributed by atoms with Crippen LogP contribution in [0.25, 0.3) is 11.5 Å². The van der Waals surface area contributed by atoms with Crippen molar-refractivity contribution in [2.75, 3.05) is 13.1 Å². The topological polar surface area (TPSA) is 80.0 Å². The number of halogens is 2. The van der Waals surface area contributed by atoms with Gasteiger partial charge >= 0.3 is 0 Å². The standard InChI is InChI=1S/C19H25ClN4O2.ClH/c1-12(14-7-9-21-10-8-14)11-17(25)22-13(2)18-23-19(26-24-18)15-3-5-16(20)6-4-15;/h3-6,12-14,21H,7-11H2,1-2H3,(H,22,25);1H. The molecule has 0 saturated carbocycles. The second-order valence-corrected chi connectivity index (χ2v) is 7.46. The largest absolute Gasteiger partial charge is 0.346 e. The molecule has 1 saturated heterocycles. The van der Waals surface area contributed by atoms with E-state index in [2.05, 4.69) is 27.7 Å². The van der Waals surface area contributed by atoms with Crippen molar-refractivity contribution >= 4 is 29.9 Å². The highest BCUT2D eigenvalue weighted by Gasteiger charge is 2.23. The maximum atomic E-state index is 12.4. The van der Waals surface area contributed by atoms with Crippen LogP contribution < -0.4 is 10.6 Å². The fourth-order valence-corrected chi connectivity index (χ4v) is 3.48. The van der Waals surface area contributed by atoms with Crippen LogP contribution in [-0.2, 0) is 4.79 Å². The second-order valence-electron chi connectivity index (χ2n) is 7.02. The van der Waals surface area contributed by atoms with Gasteiger partial charge in [0.25, 0.3) is 5.89 Å². The zero-order valence-corrected chi connectivity index (χ0v) is 17.1. The third-order valence-corrected chi connectivity index (χ3v) is 5.25. The van der Waals surface area contributed by atoms with Crippen LogP contribution in [0.2, 0.25) is 5.02 Å². The summed E-state index contributed by atoms with van der Waals surface area (Å²) in [5.74, 6) is 1.90. The van der Waals surface area contributed by atoms with Crippen molar-refractivity contribution < 1.29 is 9.32 Å². The smallest absolute Gasteiger partial charge is 0.257 e. The van der Waals surface area contributed by atoms with Gasteiger partial charge in [-0.25, -0.2) is 0 Å². The fraction of sp³-hybridized carbons (Fsp3) is 0.526. The summed E-state index contributed by atoms with van der Waals surface area (Å²) in [6.45, 7) is 6.11. The summed E-state index contributed by atoms with van der Waals surface area (Å²) in [7, 11) is 0. The molecule has 148 valence electrons. The van der Waals surface area contributed by atoms with E-state index >= 15 is 0 Å². The van der Waals surface area contributed by atoms with E-state index in [4.69, 9.17) is 16.1 Å². The molecule has 0 radical (unpaired) electrons. The Balaban J connectivity index is 0.00000261. The Morgan fingerprint density at radius 2 is 1.96 bits per heavy atom. The lowest BCUT2D eigenvalue weighted by Gasteiger charge is -2.28. The molecule has 3 rings (SSSR count). The predicted octanol–water partition coefficient (Wildman–Crippen LogP) is 4.01. The number of benzene rings is 1. The molecular weight excluding hydrogens is 387 g/mol. The first-order chi connectivity index (χ1) is 12.5. The van der Waals surface area contributed by atoms with Crippen LogP contribution in [0.1, 0.15) is 45.0 Å². The molecule has 2 atom stereocenters. The summed E-state index contributed by atoms with van der Waals surface area (Å²) in [5, 5.41) is 11.0. The zero-order chi connectivity index (χ0) is 18.5. The first kappa shape index (κ1) is 21.7. The van der Waals surface area contributed by atoms with Gasteiger partial charge < -0.3 is 15.2 Å². The predicted molar refractivity (Wildman–Crippen MR) is 108 cm³/mol. The van der Waals surface area contributed by atoms with Crippen LogP contribution in [0.3, 0.4) is 0 Å². The molecule has 6 nitrogen and oxygen atoms in total. The Hall–Kier alpha value is -1.63. The van der Waals surface area contributed by atoms with E-state index in [1.807, 2.05) is 19.1 Å². The van der Waals surface area contributed by atoms with Crippen molar-refractivity contribution in [2.45, 2.75) is 39.2 Å². The molecule has 1 aromatic carbocycles. The maximum Gasteiger partial charge on any atom is 0.257 e. The number of amides is 1. The van der Waals surface area contributed by atoms with Gasteiger partial charge in [-0.05, 0) is 69.0 Å². The number of carbonyl (C=O) groups excluding carboxylic acids is 1. The molecule has 27 heavy (non-hydrogen) atoms. The molecule has 1 aliphatic rings. The molecule has 1 fully saturated rings. The van der Waals surface area contributed by atoms with Crippen molar-refractivity contribution in [3.8, 4) is 11.5 Å². The van der Waals surface area contributed by atoms with Crippen LogP contribution >= 0.6 is 24.0 Å². The van der Waals surface area contributed by atoms with Gasteiger partial charge in [-0.3, -0.25) is 4.79 Å². The van der Waals surface area contributed by atoms with Crippen LogP contribution in [0, 0.1) is 11.8 Å². The third-order valence-electron chi connectivity index (χ3n) is 4.99. The lowest BCUT2D eigenvalue weighted by molar-refractivity contribution is -0.123. The van der Waals surface area contributed by atoms with Gasteiger partial charge in [0, 0.05) is 17.0 Å². The minimum Gasteiger partial charge on any atom is -0.346 e. The van der Waals surface area contributed by atoms with Crippen molar-refractivity contribution in [3.05, 3.63) is 35.1 Å². The highest BCUT2D eigenvalue weighted by molar-refractivity contribution is 6.30. The summed E-state index contributed by atoms with van der Waals surface area (Å²) in [6, 6.07) is 6.89. The van der Waals surface area contributed by atoms with Crippen LogP contribution in [0.15, 0.2) is 28.8 Å². The molecule has 1 aromatic heterocycles. The van der Waals surface area contributed by atoms with Crippen molar-refractivity contribution in [1.82, 2.24) is 20.8 Å². The van der Waals surface area contributed by atoms with E-state index in [9.17, 15) is 4.79 Å². The molecular formula is C19H26Cl2N4O2. The summed E-state index contributed by atoms with van der Waals surface area (Å²) in [6.07, 6.45) is 2.80. The number of rotatable bonds is 6. The summed E-state index contributed by atoms with van der Waals surface area (Å²) >= 11 is 5.89. The van der Waals surface area contributed by atoms with Gasteiger partial charge in [0.1, 0.15) is 0 Å². The van der Waals surface area contributed by atoms with E-state index < -0.39 is 0 Å². The lowest BCUT2D eigenvalue weighted by Crippen LogP contribution is -2.34. The summed E-state index contributed by atoms with van der Waals surface area (Å²) < 4.78 is 5.31. The average Bonchev–Trinajstić information content (AvgIpc) is 3.13. The van der Waals surface area contributed by atoms with Gasteiger partial charge in [-0.15, -0.1) is 12.4 Å². The van der Waals surface area contributed by atoms with Gasteiger partial charge in [0.15, 0.2) is 5.82 Å². The minimum absolute atomic E-state index is 0. The van der Waals surface area contributed by atoms with Crippen LogP contribution in [0.5, 0.6) is 0 Å². The molecule has 0 spiro atoms. The first-order valence-electron chi connectivity index (χ1n) is 9.12. The number of carbonyl (C=O) groups is 1. The van der Waals surface area contributed by atoms with E-state index in [0.29, 0.717) is 35.0 Å². The Kier molecular flexibility index (Phi) is 8.07. The Morgan fingerprint density at radius 1 is 1.30 bits per heavy atom. The highest BCUT2D eigenvalue weighted by atomic mass is 35.5. The molecule has 2 N–H and O–H groups in total. The van der Waals surface area contributed by atoms with Crippen molar-refractivity contribution in [1.29, 1.82) is 0 Å². The molecule has 0 aliphatic carbocycles. The number of aromatic nitrogens is 2. The third kappa shape index (κ3) is 5.92. The fourth-order valence-electron chi connectivity index (χ4n) is 3.36. The molecule has 2 unspecified atom stereocenters. The molecule has 1 aliphatic heterocycles. The van der Waals surface area contributed by atoms with Crippen LogP contribution in [0.4, 0.5) is 0 Å². The van der Waals surface area contributed by atoms with Gasteiger partial charge in [-0.2, -0.15) is 4.98 Å². The normalized spacial score (nSPS) is 17.0. The second kappa shape index (κ2) is 10.1. The number of nitrogens with zero attached hydrogens (tertiary/aromatic N) is 2. The molecule has 1 amide bonds. The Bertz CT molecular complexity index is 730. The van der Waals surface area contributed by atoms with Gasteiger partial charge in [0.2, 0.25) is 5.91 Å². The average molecular weight is 413 g/mol. The Labute approximate surface area is 170 Å².